The van der Waals surface area contributed by atoms with Crippen molar-refractivity contribution in [1.29, 1.82) is 0 Å². The highest BCUT2D eigenvalue weighted by Gasteiger charge is 2.11. The molecule has 0 aliphatic carbocycles. The van der Waals surface area contributed by atoms with Crippen molar-refractivity contribution < 1.29 is 14.2 Å². The normalized spacial score (nSPS) is 12.2. The summed E-state index contributed by atoms with van der Waals surface area (Å²) >= 11 is 3.22. The molecule has 1 unspecified atom stereocenters. The van der Waals surface area contributed by atoms with Crippen LogP contribution in [0.5, 0.6) is 5.75 Å². The molecule has 0 aliphatic heterocycles. The zero-order chi connectivity index (χ0) is 15.2. The number of benzene rings is 2. The quantitative estimate of drug-likeness (QED) is 0.846. The molecule has 0 aliphatic rings. The third-order valence-corrected chi connectivity index (χ3v) is 4.30. The highest BCUT2D eigenvalue weighted by Crippen LogP contribution is 2.22. The fourth-order valence-corrected chi connectivity index (χ4v) is 2.61. The van der Waals surface area contributed by atoms with E-state index < -0.39 is 6.10 Å². The van der Waals surface area contributed by atoms with E-state index in [2.05, 4.69) is 15.9 Å². The Labute approximate surface area is 132 Å². The van der Waals surface area contributed by atoms with E-state index in [1.165, 1.54) is 6.07 Å². The van der Waals surface area contributed by atoms with E-state index in [0.717, 1.165) is 23.3 Å². The van der Waals surface area contributed by atoms with Gasteiger partial charge in [-0.15, -0.1) is 0 Å². The van der Waals surface area contributed by atoms with Gasteiger partial charge in [0, 0.05) is 0 Å². The molecule has 0 amide bonds. The van der Waals surface area contributed by atoms with Crippen molar-refractivity contribution in [2.75, 3.05) is 7.11 Å². The summed E-state index contributed by atoms with van der Waals surface area (Å²) in [6, 6.07) is 12.7. The zero-order valence-electron chi connectivity index (χ0n) is 11.9. The Hall–Kier alpha value is -1.39. The summed E-state index contributed by atoms with van der Waals surface area (Å²) < 4.78 is 19.0. The lowest BCUT2D eigenvalue weighted by Gasteiger charge is -2.12. The van der Waals surface area contributed by atoms with E-state index in [0.29, 0.717) is 17.3 Å². The molecule has 0 fully saturated rings. The predicted molar refractivity (Wildman–Crippen MR) is 85.1 cm³/mol. The van der Waals surface area contributed by atoms with Gasteiger partial charge in [-0.25, -0.2) is 4.39 Å². The van der Waals surface area contributed by atoms with Crippen molar-refractivity contribution in [3.05, 3.63) is 63.9 Å². The summed E-state index contributed by atoms with van der Waals surface area (Å²) in [6.07, 6.45) is 1.35. The van der Waals surface area contributed by atoms with Gasteiger partial charge in [0.25, 0.3) is 0 Å². The number of aliphatic hydroxyl groups is 1. The lowest BCUT2D eigenvalue weighted by Crippen LogP contribution is -2.12. The highest BCUT2D eigenvalue weighted by molar-refractivity contribution is 9.10. The number of hydrogen-bond donors (Lipinski definition) is 1. The van der Waals surface area contributed by atoms with E-state index in [1.54, 1.807) is 13.2 Å². The maximum atomic E-state index is 13.4. The minimum atomic E-state index is -0.495. The van der Waals surface area contributed by atoms with Crippen molar-refractivity contribution in [3.8, 4) is 5.75 Å². The first kappa shape index (κ1) is 16.0. The lowest BCUT2D eigenvalue weighted by atomic mass is 10.0. The van der Waals surface area contributed by atoms with Gasteiger partial charge in [0.15, 0.2) is 0 Å². The van der Waals surface area contributed by atoms with Gasteiger partial charge in [-0.2, -0.15) is 0 Å². The molecule has 0 aromatic heterocycles. The Morgan fingerprint density at radius 1 is 1.19 bits per heavy atom. The van der Waals surface area contributed by atoms with E-state index in [1.807, 2.05) is 30.3 Å². The van der Waals surface area contributed by atoms with E-state index >= 15 is 0 Å². The molecule has 112 valence electrons. The van der Waals surface area contributed by atoms with Crippen molar-refractivity contribution in [1.82, 2.24) is 0 Å². The Bertz CT molecular complexity index is 584. The fourth-order valence-electron chi connectivity index (χ4n) is 2.19. The number of aryl methyl sites for hydroxylation is 1. The molecule has 0 saturated heterocycles. The summed E-state index contributed by atoms with van der Waals surface area (Å²) in [4.78, 5) is 0. The van der Waals surface area contributed by atoms with Crippen LogP contribution in [0.15, 0.2) is 46.9 Å². The van der Waals surface area contributed by atoms with Crippen LogP contribution in [0.2, 0.25) is 0 Å². The lowest BCUT2D eigenvalue weighted by molar-refractivity contribution is 0.165. The smallest absolute Gasteiger partial charge is 0.137 e. The Balaban J connectivity index is 1.89. The second-order valence-electron chi connectivity index (χ2n) is 4.96. The summed E-state index contributed by atoms with van der Waals surface area (Å²) in [5, 5.41) is 10.1. The number of methoxy groups -OCH3 is 1. The Morgan fingerprint density at radius 3 is 2.57 bits per heavy atom. The van der Waals surface area contributed by atoms with Crippen molar-refractivity contribution in [2.45, 2.75) is 25.4 Å². The first-order valence-electron chi connectivity index (χ1n) is 6.84. The van der Waals surface area contributed by atoms with Crippen LogP contribution in [-0.4, -0.2) is 18.3 Å². The molecule has 0 radical (unpaired) electrons. The number of ether oxygens (including phenoxy) is 1. The standard InChI is InChI=1S/C17H18BrFO2/c1-21-15-9-6-12(7-10-15)5-8-14(20)11-13-3-2-4-16(19)17(13)18/h2-4,6-7,9-10,14,20H,5,8,11H2,1H3. The van der Waals surface area contributed by atoms with Gasteiger partial charge in [-0.1, -0.05) is 24.3 Å². The molecule has 2 aromatic rings. The molecular weight excluding hydrogens is 335 g/mol. The zero-order valence-corrected chi connectivity index (χ0v) is 13.4. The molecule has 2 nitrogen and oxygen atoms in total. The second-order valence-corrected chi connectivity index (χ2v) is 5.75. The summed E-state index contributed by atoms with van der Waals surface area (Å²) in [5.41, 5.74) is 1.94. The summed E-state index contributed by atoms with van der Waals surface area (Å²) in [6.45, 7) is 0. The summed E-state index contributed by atoms with van der Waals surface area (Å²) in [7, 11) is 1.63. The predicted octanol–water partition coefficient (Wildman–Crippen LogP) is 4.13. The van der Waals surface area contributed by atoms with Crippen LogP contribution in [-0.2, 0) is 12.8 Å². The van der Waals surface area contributed by atoms with E-state index in [4.69, 9.17) is 4.74 Å². The second kappa shape index (κ2) is 7.57. The average Bonchev–Trinajstić information content (AvgIpc) is 2.50. The average molecular weight is 353 g/mol. The van der Waals surface area contributed by atoms with Gasteiger partial charge in [-0.3, -0.25) is 0 Å². The SMILES string of the molecule is COc1ccc(CCC(O)Cc2cccc(F)c2Br)cc1. The summed E-state index contributed by atoms with van der Waals surface area (Å²) in [5.74, 6) is 0.526. The number of rotatable bonds is 6. The van der Waals surface area contributed by atoms with Crippen molar-refractivity contribution in [3.63, 3.8) is 0 Å². The molecule has 1 atom stereocenters. The number of aliphatic hydroxyl groups excluding tert-OH is 1. The molecule has 1 N–H and O–H groups in total. The molecule has 0 heterocycles. The van der Waals surface area contributed by atoms with E-state index in [-0.39, 0.29) is 5.82 Å². The van der Waals surface area contributed by atoms with Gasteiger partial charge >= 0.3 is 0 Å². The van der Waals surface area contributed by atoms with Crippen LogP contribution >= 0.6 is 15.9 Å². The molecule has 0 bridgehead atoms. The van der Waals surface area contributed by atoms with Crippen molar-refractivity contribution >= 4 is 15.9 Å². The van der Waals surface area contributed by atoms with Gasteiger partial charge < -0.3 is 9.84 Å². The third-order valence-electron chi connectivity index (χ3n) is 3.41. The first-order chi connectivity index (χ1) is 10.1. The monoisotopic (exact) mass is 352 g/mol. The van der Waals surface area contributed by atoms with Crippen LogP contribution in [0.3, 0.4) is 0 Å². The van der Waals surface area contributed by atoms with Gasteiger partial charge in [0.05, 0.1) is 17.7 Å². The van der Waals surface area contributed by atoms with E-state index in [9.17, 15) is 9.50 Å². The maximum absolute atomic E-state index is 13.4. The molecule has 0 spiro atoms. The number of hydrogen-bond acceptors (Lipinski definition) is 2. The van der Waals surface area contributed by atoms with Crippen LogP contribution in [0.25, 0.3) is 0 Å². The minimum Gasteiger partial charge on any atom is -0.497 e. The molecule has 4 heteroatoms. The van der Waals surface area contributed by atoms with Crippen LogP contribution in [0, 0.1) is 5.82 Å². The van der Waals surface area contributed by atoms with Gasteiger partial charge in [0.2, 0.25) is 0 Å². The van der Waals surface area contributed by atoms with Crippen LogP contribution in [0.4, 0.5) is 4.39 Å². The number of halogens is 2. The van der Waals surface area contributed by atoms with Gasteiger partial charge in [-0.05, 0) is 64.5 Å². The molecular formula is C17H18BrFO2. The van der Waals surface area contributed by atoms with Crippen LogP contribution < -0.4 is 4.74 Å². The highest BCUT2D eigenvalue weighted by atomic mass is 79.9. The van der Waals surface area contributed by atoms with Gasteiger partial charge in [0.1, 0.15) is 11.6 Å². The Kier molecular flexibility index (Phi) is 5.76. The largest absolute Gasteiger partial charge is 0.497 e. The fraction of sp³-hybridized carbons (Fsp3) is 0.294. The molecule has 2 rings (SSSR count). The molecule has 21 heavy (non-hydrogen) atoms. The Morgan fingerprint density at radius 2 is 1.90 bits per heavy atom. The first-order valence-corrected chi connectivity index (χ1v) is 7.63. The maximum Gasteiger partial charge on any atom is 0.137 e. The van der Waals surface area contributed by atoms with Crippen LogP contribution in [0.1, 0.15) is 17.5 Å². The topological polar surface area (TPSA) is 29.5 Å². The third kappa shape index (κ3) is 4.55. The molecule has 2 aromatic carbocycles. The molecule has 0 saturated carbocycles. The van der Waals surface area contributed by atoms with Crippen molar-refractivity contribution in [2.24, 2.45) is 0 Å². The minimum absolute atomic E-state index is 0.296.